The Morgan fingerprint density at radius 1 is 1.07 bits per heavy atom. The lowest BCUT2D eigenvalue weighted by Gasteiger charge is -2.32. The van der Waals surface area contributed by atoms with E-state index in [2.05, 4.69) is 5.32 Å². The Morgan fingerprint density at radius 2 is 1.77 bits per heavy atom. The van der Waals surface area contributed by atoms with Crippen molar-refractivity contribution in [1.29, 1.82) is 0 Å². The van der Waals surface area contributed by atoms with Gasteiger partial charge in [0.2, 0.25) is 11.8 Å². The molecule has 0 saturated heterocycles. The Bertz CT molecular complexity index is 891. The normalized spacial score (nSPS) is 12.9. The summed E-state index contributed by atoms with van der Waals surface area (Å²) >= 11 is 12.3. The Hall–Kier alpha value is -2.11. The van der Waals surface area contributed by atoms with Crippen molar-refractivity contribution in [3.05, 3.63) is 69.5 Å². The molecule has 0 aliphatic heterocycles. The quantitative estimate of drug-likeness (QED) is 0.553. The minimum absolute atomic E-state index is 0.0193. The standard InChI is InChI=1S/C23H27Cl2FN2O2/c1-4-15(3)27-23(30)21(5-2)28(14-17-10-11-18(24)13-19(17)25)22(29)12-16-8-6-7-9-20(16)26/h6-11,13,15,21H,4-5,12,14H2,1-3H3,(H,27,30). The largest absolute Gasteiger partial charge is 0.352 e. The highest BCUT2D eigenvalue weighted by atomic mass is 35.5. The van der Waals surface area contributed by atoms with Crippen molar-refractivity contribution in [3.63, 3.8) is 0 Å². The summed E-state index contributed by atoms with van der Waals surface area (Å²) in [6, 6.07) is 10.4. The number of benzene rings is 2. The van der Waals surface area contributed by atoms with Crippen LogP contribution in [0, 0.1) is 5.82 Å². The molecule has 2 atom stereocenters. The second-order valence-electron chi connectivity index (χ2n) is 7.27. The molecule has 2 amide bonds. The number of hydrogen-bond donors (Lipinski definition) is 1. The van der Waals surface area contributed by atoms with E-state index >= 15 is 0 Å². The van der Waals surface area contributed by atoms with Gasteiger partial charge >= 0.3 is 0 Å². The molecule has 2 unspecified atom stereocenters. The summed E-state index contributed by atoms with van der Waals surface area (Å²) in [6.07, 6.45) is 1.04. The van der Waals surface area contributed by atoms with Gasteiger partial charge in [0.1, 0.15) is 11.9 Å². The zero-order valence-corrected chi connectivity index (χ0v) is 18.9. The fraction of sp³-hybridized carbons (Fsp3) is 0.391. The zero-order valence-electron chi connectivity index (χ0n) is 17.4. The Morgan fingerprint density at radius 3 is 2.37 bits per heavy atom. The van der Waals surface area contributed by atoms with Crippen molar-refractivity contribution in [1.82, 2.24) is 10.2 Å². The van der Waals surface area contributed by atoms with Gasteiger partial charge in [0.15, 0.2) is 0 Å². The minimum atomic E-state index is -0.704. The van der Waals surface area contributed by atoms with E-state index in [1.54, 1.807) is 36.4 Å². The monoisotopic (exact) mass is 452 g/mol. The molecule has 4 nitrogen and oxygen atoms in total. The maximum Gasteiger partial charge on any atom is 0.243 e. The van der Waals surface area contributed by atoms with Crippen molar-refractivity contribution in [2.45, 2.75) is 58.7 Å². The molecule has 0 heterocycles. The molecule has 2 aromatic rings. The van der Waals surface area contributed by atoms with Gasteiger partial charge < -0.3 is 10.2 Å². The van der Waals surface area contributed by atoms with E-state index in [-0.39, 0.29) is 36.4 Å². The molecule has 0 radical (unpaired) electrons. The maximum absolute atomic E-state index is 14.1. The van der Waals surface area contributed by atoms with E-state index in [1.165, 1.54) is 11.0 Å². The molecule has 30 heavy (non-hydrogen) atoms. The molecule has 0 bridgehead atoms. The van der Waals surface area contributed by atoms with Crippen molar-refractivity contribution in [3.8, 4) is 0 Å². The van der Waals surface area contributed by atoms with Gasteiger partial charge in [0, 0.05) is 22.6 Å². The van der Waals surface area contributed by atoms with Crippen LogP contribution in [0.4, 0.5) is 4.39 Å². The molecule has 7 heteroatoms. The summed E-state index contributed by atoms with van der Waals surface area (Å²) < 4.78 is 14.1. The van der Waals surface area contributed by atoms with Crippen molar-refractivity contribution in [2.75, 3.05) is 0 Å². The van der Waals surface area contributed by atoms with E-state index in [9.17, 15) is 14.0 Å². The predicted molar refractivity (Wildman–Crippen MR) is 119 cm³/mol. The Balaban J connectivity index is 2.35. The first-order chi connectivity index (χ1) is 14.3. The Kier molecular flexibility index (Phi) is 9.12. The first-order valence-electron chi connectivity index (χ1n) is 10.0. The molecule has 0 aliphatic rings. The number of rotatable bonds is 9. The van der Waals surface area contributed by atoms with Crippen LogP contribution in [0.3, 0.4) is 0 Å². The second-order valence-corrected chi connectivity index (χ2v) is 8.11. The van der Waals surface area contributed by atoms with Gasteiger partial charge in [0.25, 0.3) is 0 Å². The molecular formula is C23H27Cl2FN2O2. The first-order valence-corrected chi connectivity index (χ1v) is 10.8. The van der Waals surface area contributed by atoms with Crippen LogP contribution in [0.1, 0.15) is 44.7 Å². The average Bonchev–Trinajstić information content (AvgIpc) is 2.70. The predicted octanol–water partition coefficient (Wildman–Crippen LogP) is 5.40. The van der Waals surface area contributed by atoms with Gasteiger partial charge in [-0.25, -0.2) is 4.39 Å². The van der Waals surface area contributed by atoms with Crippen LogP contribution in [-0.2, 0) is 22.6 Å². The molecule has 0 fully saturated rings. The highest BCUT2D eigenvalue weighted by Gasteiger charge is 2.30. The molecule has 162 valence electrons. The van der Waals surface area contributed by atoms with E-state index in [0.29, 0.717) is 22.0 Å². The number of carbonyl (C=O) groups excluding carboxylic acids is 2. The lowest BCUT2D eigenvalue weighted by atomic mass is 10.1. The highest BCUT2D eigenvalue weighted by Crippen LogP contribution is 2.24. The van der Waals surface area contributed by atoms with E-state index in [1.807, 2.05) is 20.8 Å². The van der Waals surface area contributed by atoms with Gasteiger partial charge in [-0.2, -0.15) is 0 Å². The summed E-state index contributed by atoms with van der Waals surface area (Å²) in [7, 11) is 0. The lowest BCUT2D eigenvalue weighted by molar-refractivity contribution is -0.141. The number of amides is 2. The third-order valence-electron chi connectivity index (χ3n) is 5.04. The fourth-order valence-electron chi connectivity index (χ4n) is 3.10. The number of hydrogen-bond acceptors (Lipinski definition) is 2. The highest BCUT2D eigenvalue weighted by molar-refractivity contribution is 6.35. The summed E-state index contributed by atoms with van der Waals surface area (Å²) in [4.78, 5) is 27.6. The number of halogens is 3. The van der Waals surface area contributed by atoms with Crippen LogP contribution >= 0.6 is 23.2 Å². The van der Waals surface area contributed by atoms with E-state index in [4.69, 9.17) is 23.2 Å². The smallest absolute Gasteiger partial charge is 0.243 e. The van der Waals surface area contributed by atoms with Gasteiger partial charge in [0.05, 0.1) is 6.42 Å². The summed E-state index contributed by atoms with van der Waals surface area (Å²) in [5.41, 5.74) is 0.949. The second kappa shape index (κ2) is 11.3. The lowest BCUT2D eigenvalue weighted by Crippen LogP contribution is -2.51. The van der Waals surface area contributed by atoms with Crippen LogP contribution < -0.4 is 5.32 Å². The van der Waals surface area contributed by atoms with Crippen molar-refractivity contribution in [2.24, 2.45) is 0 Å². The van der Waals surface area contributed by atoms with Gasteiger partial charge in [-0.1, -0.05) is 61.3 Å². The SMILES string of the molecule is CCC(C)NC(=O)C(CC)N(Cc1ccc(Cl)cc1Cl)C(=O)Cc1ccccc1F. The van der Waals surface area contributed by atoms with Gasteiger partial charge in [-0.3, -0.25) is 9.59 Å². The van der Waals surface area contributed by atoms with E-state index < -0.39 is 11.9 Å². The summed E-state index contributed by atoms with van der Waals surface area (Å²) in [6.45, 7) is 5.84. The summed E-state index contributed by atoms with van der Waals surface area (Å²) in [5, 5.41) is 3.83. The first kappa shape index (κ1) is 24.2. The van der Waals surface area contributed by atoms with Crippen LogP contribution in [-0.4, -0.2) is 28.8 Å². The molecule has 2 aromatic carbocycles. The van der Waals surface area contributed by atoms with E-state index in [0.717, 1.165) is 6.42 Å². The van der Waals surface area contributed by atoms with Crippen LogP contribution in [0.15, 0.2) is 42.5 Å². The molecule has 0 aromatic heterocycles. The fourth-order valence-corrected chi connectivity index (χ4v) is 3.57. The van der Waals surface area contributed by atoms with Gasteiger partial charge in [-0.15, -0.1) is 0 Å². The topological polar surface area (TPSA) is 49.4 Å². The maximum atomic E-state index is 14.1. The van der Waals surface area contributed by atoms with Crippen LogP contribution in [0.25, 0.3) is 0 Å². The van der Waals surface area contributed by atoms with Gasteiger partial charge in [-0.05, 0) is 49.1 Å². The third-order valence-corrected chi connectivity index (χ3v) is 5.63. The zero-order chi connectivity index (χ0) is 22.3. The minimum Gasteiger partial charge on any atom is -0.352 e. The molecule has 1 N–H and O–H groups in total. The molecular weight excluding hydrogens is 426 g/mol. The number of nitrogens with zero attached hydrogens (tertiary/aromatic N) is 1. The van der Waals surface area contributed by atoms with Crippen molar-refractivity contribution < 1.29 is 14.0 Å². The molecule has 2 rings (SSSR count). The number of nitrogens with one attached hydrogen (secondary N) is 1. The average molecular weight is 453 g/mol. The van der Waals surface area contributed by atoms with Crippen LogP contribution in [0.2, 0.25) is 10.0 Å². The third kappa shape index (κ3) is 6.44. The van der Waals surface area contributed by atoms with Crippen LogP contribution in [0.5, 0.6) is 0 Å². The summed E-state index contributed by atoms with van der Waals surface area (Å²) in [5.74, 6) is -1.04. The molecule has 0 aliphatic carbocycles. The Labute approximate surface area is 187 Å². The number of carbonyl (C=O) groups is 2. The molecule has 0 saturated carbocycles. The molecule has 0 spiro atoms. The van der Waals surface area contributed by atoms with Crippen molar-refractivity contribution >= 4 is 35.0 Å².